The maximum Gasteiger partial charge on any atom is 0.407 e. The first-order chi connectivity index (χ1) is 8.41. The van der Waals surface area contributed by atoms with E-state index in [1.54, 1.807) is 12.4 Å². The number of amides is 1. The highest BCUT2D eigenvalue weighted by atomic mass is 79.9. The summed E-state index contributed by atoms with van der Waals surface area (Å²) in [4.78, 5) is 16.3. The van der Waals surface area contributed by atoms with Gasteiger partial charge in [0.1, 0.15) is 0 Å². The molecule has 0 aromatic carbocycles. The van der Waals surface area contributed by atoms with Crippen molar-refractivity contribution in [2.45, 2.75) is 31.4 Å². The Balaban J connectivity index is 2.15. The van der Waals surface area contributed by atoms with Gasteiger partial charge in [-0.25, -0.2) is 4.79 Å². The largest absolute Gasteiger partial charge is 0.465 e. The molecule has 2 atom stereocenters. The standard InChI is InChI=1S/C12H15BrN2O3/c1-8-4-12(18,7-15(8)11(16)17)5-9-2-3-14-6-10(9)13/h2-3,6,8,18H,4-5,7H2,1H3,(H,16,17)/t8-,12-/m0/s1. The van der Waals surface area contributed by atoms with Crippen LogP contribution in [-0.2, 0) is 6.42 Å². The fourth-order valence-electron chi connectivity index (χ4n) is 2.48. The zero-order valence-electron chi connectivity index (χ0n) is 10.0. The number of halogens is 1. The van der Waals surface area contributed by atoms with Crippen molar-refractivity contribution in [3.8, 4) is 0 Å². The van der Waals surface area contributed by atoms with Crippen molar-refractivity contribution < 1.29 is 15.0 Å². The van der Waals surface area contributed by atoms with Gasteiger partial charge in [-0.15, -0.1) is 0 Å². The van der Waals surface area contributed by atoms with E-state index >= 15 is 0 Å². The predicted octanol–water partition coefficient (Wildman–Crippen LogP) is 1.89. The summed E-state index contributed by atoms with van der Waals surface area (Å²) in [5.41, 5.74) is -0.0614. The van der Waals surface area contributed by atoms with E-state index in [1.165, 1.54) is 4.90 Å². The number of nitrogens with zero attached hydrogens (tertiary/aromatic N) is 2. The Morgan fingerprint density at radius 3 is 3.00 bits per heavy atom. The lowest BCUT2D eigenvalue weighted by Crippen LogP contribution is -2.38. The summed E-state index contributed by atoms with van der Waals surface area (Å²) in [6.07, 6.45) is 3.23. The van der Waals surface area contributed by atoms with Gasteiger partial charge in [0.25, 0.3) is 0 Å². The molecule has 0 unspecified atom stereocenters. The molecule has 98 valence electrons. The summed E-state index contributed by atoms with van der Waals surface area (Å²) in [6.45, 7) is 1.96. The Morgan fingerprint density at radius 1 is 1.72 bits per heavy atom. The molecule has 2 heterocycles. The van der Waals surface area contributed by atoms with Crippen LogP contribution in [0.15, 0.2) is 22.9 Å². The fraction of sp³-hybridized carbons (Fsp3) is 0.500. The number of β-amino-alcohol motifs (C(OH)–C–C–N with tert-alkyl or cyclic N) is 1. The van der Waals surface area contributed by atoms with E-state index in [9.17, 15) is 9.90 Å². The molecule has 1 aromatic heterocycles. The van der Waals surface area contributed by atoms with Gasteiger partial charge in [-0.05, 0) is 40.9 Å². The zero-order valence-corrected chi connectivity index (χ0v) is 11.6. The highest BCUT2D eigenvalue weighted by Gasteiger charge is 2.43. The Morgan fingerprint density at radius 2 is 2.44 bits per heavy atom. The van der Waals surface area contributed by atoms with E-state index in [0.29, 0.717) is 12.8 Å². The van der Waals surface area contributed by atoms with Gasteiger partial charge in [-0.3, -0.25) is 4.98 Å². The molecule has 1 aliphatic heterocycles. The van der Waals surface area contributed by atoms with Crippen molar-refractivity contribution in [1.29, 1.82) is 0 Å². The molecule has 0 radical (unpaired) electrons. The predicted molar refractivity (Wildman–Crippen MR) is 69.4 cm³/mol. The van der Waals surface area contributed by atoms with Crippen molar-refractivity contribution in [1.82, 2.24) is 9.88 Å². The molecule has 1 fully saturated rings. The third-order valence-electron chi connectivity index (χ3n) is 3.29. The first-order valence-electron chi connectivity index (χ1n) is 5.72. The molecule has 1 aliphatic rings. The maximum absolute atomic E-state index is 11.0. The van der Waals surface area contributed by atoms with Gasteiger partial charge in [0.05, 0.1) is 12.1 Å². The normalized spacial score (nSPS) is 27.5. The summed E-state index contributed by atoms with van der Waals surface area (Å²) in [7, 11) is 0. The number of hydrogen-bond acceptors (Lipinski definition) is 3. The molecular weight excluding hydrogens is 300 g/mol. The van der Waals surface area contributed by atoms with Crippen LogP contribution in [0.3, 0.4) is 0 Å². The van der Waals surface area contributed by atoms with Crippen molar-refractivity contribution in [3.63, 3.8) is 0 Å². The second-order valence-electron chi connectivity index (χ2n) is 4.83. The number of carboxylic acid groups (broad SMARTS) is 1. The molecule has 0 spiro atoms. The Labute approximate surface area is 114 Å². The van der Waals surface area contributed by atoms with Crippen LogP contribution in [0, 0.1) is 0 Å². The topological polar surface area (TPSA) is 73.7 Å². The molecule has 0 bridgehead atoms. The van der Waals surface area contributed by atoms with Gasteiger partial charge in [0.2, 0.25) is 0 Å². The first-order valence-corrected chi connectivity index (χ1v) is 6.51. The van der Waals surface area contributed by atoms with Gasteiger partial charge >= 0.3 is 6.09 Å². The van der Waals surface area contributed by atoms with Crippen LogP contribution in [0.4, 0.5) is 4.79 Å². The van der Waals surface area contributed by atoms with Crippen molar-refractivity contribution >= 4 is 22.0 Å². The van der Waals surface area contributed by atoms with E-state index in [-0.39, 0.29) is 12.6 Å². The summed E-state index contributed by atoms with van der Waals surface area (Å²) >= 11 is 3.38. The van der Waals surface area contributed by atoms with E-state index in [1.807, 2.05) is 13.0 Å². The number of carbonyl (C=O) groups is 1. The van der Waals surface area contributed by atoms with Crippen LogP contribution in [0.2, 0.25) is 0 Å². The van der Waals surface area contributed by atoms with Crippen LogP contribution in [0.5, 0.6) is 0 Å². The quantitative estimate of drug-likeness (QED) is 0.874. The first kappa shape index (κ1) is 13.3. The zero-order chi connectivity index (χ0) is 13.3. The van der Waals surface area contributed by atoms with Crippen molar-refractivity contribution in [2.75, 3.05) is 6.54 Å². The third kappa shape index (κ3) is 2.64. The highest BCUT2D eigenvalue weighted by molar-refractivity contribution is 9.10. The van der Waals surface area contributed by atoms with E-state index in [2.05, 4.69) is 20.9 Å². The molecule has 6 heteroatoms. The van der Waals surface area contributed by atoms with Gasteiger partial charge < -0.3 is 15.1 Å². The molecule has 2 rings (SSSR count). The van der Waals surface area contributed by atoms with Crippen LogP contribution in [0.25, 0.3) is 0 Å². The molecule has 1 aromatic rings. The fourth-order valence-corrected chi connectivity index (χ4v) is 2.87. The molecule has 18 heavy (non-hydrogen) atoms. The third-order valence-corrected chi connectivity index (χ3v) is 4.01. The molecule has 2 N–H and O–H groups in total. The van der Waals surface area contributed by atoms with E-state index < -0.39 is 11.7 Å². The molecular formula is C12H15BrN2O3. The second kappa shape index (κ2) is 4.85. The van der Waals surface area contributed by atoms with Gasteiger partial charge in [0, 0.05) is 29.3 Å². The SMILES string of the molecule is C[C@H]1C[C@](O)(Cc2ccncc2Br)CN1C(=O)O. The summed E-state index contributed by atoms with van der Waals surface area (Å²) in [5.74, 6) is 0. The highest BCUT2D eigenvalue weighted by Crippen LogP contribution is 2.31. The minimum Gasteiger partial charge on any atom is -0.465 e. The van der Waals surface area contributed by atoms with Crippen LogP contribution < -0.4 is 0 Å². The minimum absolute atomic E-state index is 0.151. The van der Waals surface area contributed by atoms with Gasteiger partial charge in [-0.2, -0.15) is 0 Å². The molecule has 1 amide bonds. The lowest BCUT2D eigenvalue weighted by molar-refractivity contribution is 0.0490. The molecule has 1 saturated heterocycles. The van der Waals surface area contributed by atoms with Crippen molar-refractivity contribution in [3.05, 3.63) is 28.5 Å². The maximum atomic E-state index is 11.0. The Hall–Kier alpha value is -1.14. The number of aliphatic hydroxyl groups is 1. The van der Waals surface area contributed by atoms with E-state index in [0.717, 1.165) is 10.0 Å². The van der Waals surface area contributed by atoms with Crippen LogP contribution in [-0.4, -0.2) is 44.4 Å². The number of likely N-dealkylation sites (tertiary alicyclic amines) is 1. The number of pyridine rings is 1. The summed E-state index contributed by atoms with van der Waals surface area (Å²) in [5, 5.41) is 19.5. The summed E-state index contributed by atoms with van der Waals surface area (Å²) < 4.78 is 0.833. The number of hydrogen-bond donors (Lipinski definition) is 2. The smallest absolute Gasteiger partial charge is 0.407 e. The Kier molecular flexibility index (Phi) is 3.59. The lowest BCUT2D eigenvalue weighted by atomic mass is 9.93. The molecule has 5 nitrogen and oxygen atoms in total. The molecule has 0 aliphatic carbocycles. The monoisotopic (exact) mass is 314 g/mol. The van der Waals surface area contributed by atoms with Crippen LogP contribution >= 0.6 is 15.9 Å². The minimum atomic E-state index is -0.998. The van der Waals surface area contributed by atoms with E-state index in [4.69, 9.17) is 5.11 Å². The van der Waals surface area contributed by atoms with Crippen molar-refractivity contribution in [2.24, 2.45) is 0 Å². The number of rotatable bonds is 2. The van der Waals surface area contributed by atoms with Gasteiger partial charge in [-0.1, -0.05) is 0 Å². The average Bonchev–Trinajstić information content (AvgIpc) is 2.58. The molecule has 0 saturated carbocycles. The number of aromatic nitrogens is 1. The lowest BCUT2D eigenvalue weighted by Gasteiger charge is -2.22. The average molecular weight is 315 g/mol. The van der Waals surface area contributed by atoms with Crippen LogP contribution in [0.1, 0.15) is 18.9 Å². The Bertz CT molecular complexity index is 468. The second-order valence-corrected chi connectivity index (χ2v) is 5.69. The summed E-state index contributed by atoms with van der Waals surface area (Å²) in [6, 6.07) is 1.67. The van der Waals surface area contributed by atoms with Gasteiger partial charge in [0.15, 0.2) is 0 Å².